The average Bonchev–Trinajstić information content (AvgIpc) is 3.07. The minimum absolute atomic E-state index is 0.145. The van der Waals surface area contributed by atoms with Crippen molar-refractivity contribution in [2.75, 3.05) is 19.4 Å². The second kappa shape index (κ2) is 6.73. The number of benzene rings is 2. The molecule has 0 aromatic heterocycles. The summed E-state index contributed by atoms with van der Waals surface area (Å²) in [6.07, 6.45) is 2.46. The predicted molar refractivity (Wildman–Crippen MR) is 91.2 cm³/mol. The van der Waals surface area contributed by atoms with Crippen molar-refractivity contribution in [3.8, 4) is 5.75 Å². The van der Waals surface area contributed by atoms with Gasteiger partial charge in [0.05, 0.1) is 19.6 Å². The highest BCUT2D eigenvalue weighted by Gasteiger charge is 2.29. The van der Waals surface area contributed by atoms with E-state index in [0.717, 1.165) is 42.0 Å². The van der Waals surface area contributed by atoms with Gasteiger partial charge in [0, 0.05) is 12.2 Å². The Morgan fingerprint density at radius 3 is 2.78 bits per heavy atom. The van der Waals surface area contributed by atoms with Crippen molar-refractivity contribution in [3.05, 3.63) is 59.7 Å². The second-order valence-corrected chi connectivity index (χ2v) is 5.94. The van der Waals surface area contributed by atoms with Crippen LogP contribution in [0.5, 0.6) is 5.75 Å². The van der Waals surface area contributed by atoms with Crippen LogP contribution in [0.15, 0.2) is 48.5 Å². The first kappa shape index (κ1) is 15.4. The van der Waals surface area contributed by atoms with Gasteiger partial charge in [0.2, 0.25) is 5.91 Å². The number of carbonyl (C=O) groups excluding carboxylic acids is 1. The van der Waals surface area contributed by atoms with Crippen LogP contribution in [-0.2, 0) is 11.2 Å². The summed E-state index contributed by atoms with van der Waals surface area (Å²) in [7, 11) is 1.66. The van der Waals surface area contributed by atoms with E-state index in [0.29, 0.717) is 6.42 Å². The van der Waals surface area contributed by atoms with E-state index in [4.69, 9.17) is 10.5 Å². The van der Waals surface area contributed by atoms with Crippen molar-refractivity contribution in [1.29, 1.82) is 0 Å². The fourth-order valence-electron chi connectivity index (χ4n) is 3.17. The molecule has 0 spiro atoms. The van der Waals surface area contributed by atoms with Gasteiger partial charge in [-0.25, -0.2) is 0 Å². The maximum atomic E-state index is 12.7. The molecule has 0 bridgehead atoms. The Morgan fingerprint density at radius 1 is 1.26 bits per heavy atom. The van der Waals surface area contributed by atoms with Gasteiger partial charge in [-0.2, -0.15) is 0 Å². The minimum Gasteiger partial charge on any atom is -0.497 e. The van der Waals surface area contributed by atoms with Crippen LogP contribution in [0, 0.1) is 0 Å². The summed E-state index contributed by atoms with van der Waals surface area (Å²) >= 11 is 0. The molecule has 1 heterocycles. The third kappa shape index (κ3) is 3.47. The first-order chi connectivity index (χ1) is 11.2. The molecule has 0 aliphatic carbocycles. The number of anilines is 1. The SMILES string of the molecule is COc1cccc(C2CCCN2C(=O)Cc2ccc(N)cc2)c1. The third-order valence-electron chi connectivity index (χ3n) is 4.39. The summed E-state index contributed by atoms with van der Waals surface area (Å²) in [5.41, 5.74) is 8.56. The molecule has 1 aliphatic heterocycles. The van der Waals surface area contributed by atoms with Crippen molar-refractivity contribution in [2.45, 2.75) is 25.3 Å². The van der Waals surface area contributed by atoms with Crippen LogP contribution in [0.4, 0.5) is 5.69 Å². The Labute approximate surface area is 136 Å². The van der Waals surface area contributed by atoms with Gasteiger partial charge < -0.3 is 15.4 Å². The van der Waals surface area contributed by atoms with Crippen LogP contribution in [0.25, 0.3) is 0 Å². The van der Waals surface area contributed by atoms with Crippen LogP contribution in [0.2, 0.25) is 0 Å². The number of hydrogen-bond acceptors (Lipinski definition) is 3. The Bertz CT molecular complexity index is 682. The number of ether oxygens (including phenoxy) is 1. The minimum atomic E-state index is 0.145. The fourth-order valence-corrected chi connectivity index (χ4v) is 3.17. The van der Waals surface area contributed by atoms with E-state index >= 15 is 0 Å². The zero-order valence-electron chi connectivity index (χ0n) is 13.4. The summed E-state index contributed by atoms with van der Waals surface area (Å²) in [5.74, 6) is 1.00. The average molecular weight is 310 g/mol. The van der Waals surface area contributed by atoms with E-state index in [1.54, 1.807) is 7.11 Å². The second-order valence-electron chi connectivity index (χ2n) is 5.94. The normalized spacial score (nSPS) is 17.3. The summed E-state index contributed by atoms with van der Waals surface area (Å²) in [5, 5.41) is 0. The molecular formula is C19H22N2O2. The van der Waals surface area contributed by atoms with Crippen molar-refractivity contribution in [2.24, 2.45) is 0 Å². The molecule has 2 N–H and O–H groups in total. The number of nitrogens with zero attached hydrogens (tertiary/aromatic N) is 1. The summed E-state index contributed by atoms with van der Waals surface area (Å²) in [4.78, 5) is 14.7. The number of methoxy groups -OCH3 is 1. The number of rotatable bonds is 4. The highest BCUT2D eigenvalue weighted by molar-refractivity contribution is 5.79. The molecule has 1 saturated heterocycles. The summed E-state index contributed by atoms with van der Waals surface area (Å²) < 4.78 is 5.30. The molecule has 0 saturated carbocycles. The maximum absolute atomic E-state index is 12.7. The molecule has 1 unspecified atom stereocenters. The Morgan fingerprint density at radius 2 is 2.04 bits per heavy atom. The topological polar surface area (TPSA) is 55.6 Å². The lowest BCUT2D eigenvalue weighted by Crippen LogP contribution is -2.31. The maximum Gasteiger partial charge on any atom is 0.227 e. The van der Waals surface area contributed by atoms with Crippen molar-refractivity contribution in [3.63, 3.8) is 0 Å². The predicted octanol–water partition coefficient (Wildman–Crippen LogP) is 3.18. The van der Waals surface area contributed by atoms with Gasteiger partial charge in [-0.05, 0) is 48.2 Å². The number of nitrogen functional groups attached to an aromatic ring is 1. The Hall–Kier alpha value is -2.49. The van der Waals surface area contributed by atoms with Gasteiger partial charge in [-0.15, -0.1) is 0 Å². The van der Waals surface area contributed by atoms with Crippen LogP contribution in [0.3, 0.4) is 0 Å². The largest absolute Gasteiger partial charge is 0.497 e. The first-order valence-corrected chi connectivity index (χ1v) is 7.95. The van der Waals surface area contributed by atoms with E-state index in [9.17, 15) is 4.79 Å². The molecule has 4 nitrogen and oxygen atoms in total. The number of hydrogen-bond donors (Lipinski definition) is 1. The van der Waals surface area contributed by atoms with E-state index in [1.165, 1.54) is 0 Å². The molecule has 4 heteroatoms. The highest BCUT2D eigenvalue weighted by Crippen LogP contribution is 2.33. The molecule has 23 heavy (non-hydrogen) atoms. The summed E-state index contributed by atoms with van der Waals surface area (Å²) in [6, 6.07) is 15.7. The molecule has 2 aromatic carbocycles. The van der Waals surface area contributed by atoms with E-state index < -0.39 is 0 Å². The smallest absolute Gasteiger partial charge is 0.227 e. The van der Waals surface area contributed by atoms with Crippen molar-refractivity contribution in [1.82, 2.24) is 4.90 Å². The van der Waals surface area contributed by atoms with E-state index in [1.807, 2.05) is 47.4 Å². The quantitative estimate of drug-likeness (QED) is 0.882. The molecule has 0 radical (unpaired) electrons. The number of amides is 1. The number of likely N-dealkylation sites (tertiary alicyclic amines) is 1. The molecule has 1 aliphatic rings. The zero-order valence-corrected chi connectivity index (χ0v) is 13.4. The van der Waals surface area contributed by atoms with Crippen LogP contribution in [0.1, 0.15) is 30.0 Å². The molecule has 120 valence electrons. The van der Waals surface area contributed by atoms with Crippen LogP contribution in [-0.4, -0.2) is 24.5 Å². The Kier molecular flexibility index (Phi) is 4.51. The molecule has 2 aromatic rings. The standard InChI is InChI=1S/C19H22N2O2/c1-23-17-5-2-4-15(13-17)18-6-3-11-21(18)19(22)12-14-7-9-16(20)10-8-14/h2,4-5,7-10,13,18H,3,6,11-12,20H2,1H3. The highest BCUT2D eigenvalue weighted by atomic mass is 16.5. The van der Waals surface area contributed by atoms with Gasteiger partial charge in [-0.3, -0.25) is 4.79 Å². The lowest BCUT2D eigenvalue weighted by molar-refractivity contribution is -0.131. The molecule has 1 fully saturated rings. The van der Waals surface area contributed by atoms with Gasteiger partial charge in [-0.1, -0.05) is 24.3 Å². The molecule has 1 amide bonds. The van der Waals surface area contributed by atoms with Gasteiger partial charge >= 0.3 is 0 Å². The van der Waals surface area contributed by atoms with Crippen molar-refractivity contribution < 1.29 is 9.53 Å². The third-order valence-corrected chi connectivity index (χ3v) is 4.39. The van der Waals surface area contributed by atoms with Gasteiger partial charge in [0.25, 0.3) is 0 Å². The Balaban J connectivity index is 1.75. The molecular weight excluding hydrogens is 288 g/mol. The monoisotopic (exact) mass is 310 g/mol. The van der Waals surface area contributed by atoms with Crippen LogP contribution < -0.4 is 10.5 Å². The van der Waals surface area contributed by atoms with E-state index in [2.05, 4.69) is 6.07 Å². The van der Waals surface area contributed by atoms with Crippen molar-refractivity contribution >= 4 is 11.6 Å². The van der Waals surface area contributed by atoms with Crippen LogP contribution >= 0.6 is 0 Å². The molecule has 3 rings (SSSR count). The van der Waals surface area contributed by atoms with Gasteiger partial charge in [0.1, 0.15) is 5.75 Å². The first-order valence-electron chi connectivity index (χ1n) is 7.95. The number of nitrogens with two attached hydrogens (primary N) is 1. The number of carbonyl (C=O) groups is 1. The fraction of sp³-hybridized carbons (Fsp3) is 0.316. The molecule has 1 atom stereocenters. The lowest BCUT2D eigenvalue weighted by atomic mass is 10.0. The zero-order chi connectivity index (χ0) is 16.2. The van der Waals surface area contributed by atoms with E-state index in [-0.39, 0.29) is 11.9 Å². The lowest BCUT2D eigenvalue weighted by Gasteiger charge is -2.25. The van der Waals surface area contributed by atoms with Gasteiger partial charge in [0.15, 0.2) is 0 Å². The summed E-state index contributed by atoms with van der Waals surface area (Å²) in [6.45, 7) is 0.815.